The molecule has 7 nitrogen and oxygen atoms in total. The van der Waals surface area contributed by atoms with Crippen molar-refractivity contribution in [2.45, 2.75) is 68.1 Å². The fourth-order valence-electron chi connectivity index (χ4n) is 5.32. The molecule has 0 aliphatic carbocycles. The quantitative estimate of drug-likeness (QED) is 0.0290. The number of morpholine rings is 1. The van der Waals surface area contributed by atoms with Crippen molar-refractivity contribution in [3.8, 4) is 12.3 Å². The van der Waals surface area contributed by atoms with Crippen LogP contribution in [0.4, 0.5) is 5.69 Å². The predicted octanol–water partition coefficient (Wildman–Crippen LogP) is 8.29. The van der Waals surface area contributed by atoms with Crippen molar-refractivity contribution >= 4 is 34.7 Å². The van der Waals surface area contributed by atoms with Gasteiger partial charge in [-0.1, -0.05) is 61.2 Å². The number of carbonyl (C=O) groups is 2. The fraction of sp³-hybridized carbons (Fsp3) is 0.325. The summed E-state index contributed by atoms with van der Waals surface area (Å²) in [6.07, 6.45) is 14.8. The van der Waals surface area contributed by atoms with Gasteiger partial charge in [0, 0.05) is 50.8 Å². The number of terminal acetylenes is 1. The number of hydrogen-bond acceptors (Lipinski definition) is 8. The molecular formula is C40H42N2O5S. The molecule has 248 valence electrons. The molecule has 8 heteroatoms. The van der Waals surface area contributed by atoms with E-state index in [0.717, 1.165) is 67.5 Å². The zero-order valence-corrected chi connectivity index (χ0v) is 28.4. The molecular weight excluding hydrogens is 621 g/mol. The van der Waals surface area contributed by atoms with Gasteiger partial charge in [0.05, 0.1) is 13.2 Å². The van der Waals surface area contributed by atoms with Crippen LogP contribution in [0.3, 0.4) is 0 Å². The number of Topliss-reactive ketones (excluding diaryl/α,β-unsaturated/α-hetero) is 1. The van der Waals surface area contributed by atoms with Gasteiger partial charge in [-0.05, 0) is 98.6 Å². The lowest BCUT2D eigenvalue weighted by Gasteiger charge is -2.28. The molecule has 3 aromatic carbocycles. The number of ketones is 2. The SMILES string of the molecule is C#C/C(=C\C=C/C)C1OC1O/N=C(/CCCCCC)C(=O)c1ccc(Sc2ccc(C(=O)c3ccc(N4CCOCC4)cc3)cc2)cc1. The highest BCUT2D eigenvalue weighted by Crippen LogP contribution is 2.31. The first-order chi connectivity index (χ1) is 23.5. The van der Waals surface area contributed by atoms with Crippen LogP contribution in [0.15, 0.2) is 112 Å². The maximum absolute atomic E-state index is 13.5. The molecule has 0 amide bonds. The highest BCUT2D eigenvalue weighted by atomic mass is 32.2. The van der Waals surface area contributed by atoms with Crippen molar-refractivity contribution in [3.63, 3.8) is 0 Å². The van der Waals surface area contributed by atoms with Crippen LogP contribution < -0.4 is 4.90 Å². The first-order valence-corrected chi connectivity index (χ1v) is 17.4. The summed E-state index contributed by atoms with van der Waals surface area (Å²) in [7, 11) is 0. The molecule has 2 aliphatic rings. The van der Waals surface area contributed by atoms with Gasteiger partial charge >= 0.3 is 0 Å². The molecule has 3 aromatic rings. The topological polar surface area (TPSA) is 80.7 Å². The predicted molar refractivity (Wildman–Crippen MR) is 192 cm³/mol. The summed E-state index contributed by atoms with van der Waals surface area (Å²) in [6, 6.07) is 22.9. The molecule has 0 bridgehead atoms. The van der Waals surface area contributed by atoms with E-state index in [9.17, 15) is 9.59 Å². The largest absolute Gasteiger partial charge is 0.378 e. The molecule has 0 spiro atoms. The van der Waals surface area contributed by atoms with Crippen LogP contribution in [-0.4, -0.2) is 56.0 Å². The van der Waals surface area contributed by atoms with Crippen molar-refractivity contribution in [1.29, 1.82) is 0 Å². The molecule has 0 radical (unpaired) electrons. The average Bonchev–Trinajstić information content (AvgIpc) is 3.91. The molecule has 0 N–H and O–H groups in total. The van der Waals surface area contributed by atoms with Crippen LogP contribution in [0.1, 0.15) is 72.2 Å². The highest BCUT2D eigenvalue weighted by Gasteiger charge is 2.44. The van der Waals surface area contributed by atoms with E-state index in [4.69, 9.17) is 20.7 Å². The minimum absolute atomic E-state index is 0.00977. The van der Waals surface area contributed by atoms with Gasteiger partial charge in [0.1, 0.15) is 5.71 Å². The lowest BCUT2D eigenvalue weighted by Crippen LogP contribution is -2.36. The van der Waals surface area contributed by atoms with E-state index in [1.807, 2.05) is 97.9 Å². The molecule has 0 aromatic heterocycles. The molecule has 2 fully saturated rings. The number of hydrogen-bond donors (Lipinski definition) is 0. The van der Waals surface area contributed by atoms with Crippen LogP contribution in [0.2, 0.25) is 0 Å². The Hall–Kier alpha value is -4.42. The molecule has 2 unspecified atom stereocenters. The fourth-order valence-corrected chi connectivity index (χ4v) is 6.14. The number of allylic oxidation sites excluding steroid dienone is 3. The second-order valence-electron chi connectivity index (χ2n) is 11.6. The number of anilines is 1. The second kappa shape index (κ2) is 17.7. The summed E-state index contributed by atoms with van der Waals surface area (Å²) >= 11 is 1.57. The zero-order valence-electron chi connectivity index (χ0n) is 27.6. The number of nitrogens with zero attached hydrogens (tertiary/aromatic N) is 2. The maximum Gasteiger partial charge on any atom is 0.259 e. The summed E-state index contributed by atoms with van der Waals surface area (Å²) in [5, 5.41) is 4.26. The van der Waals surface area contributed by atoms with Gasteiger partial charge in [-0.15, -0.1) is 6.42 Å². The molecule has 2 saturated heterocycles. The summed E-state index contributed by atoms with van der Waals surface area (Å²) in [5.74, 6) is 2.46. The molecule has 2 heterocycles. The van der Waals surface area contributed by atoms with Gasteiger partial charge in [0.15, 0.2) is 11.9 Å². The van der Waals surface area contributed by atoms with E-state index < -0.39 is 6.29 Å². The van der Waals surface area contributed by atoms with Gasteiger partial charge in [-0.3, -0.25) is 9.59 Å². The Bertz CT molecular complexity index is 1660. The van der Waals surface area contributed by atoms with E-state index >= 15 is 0 Å². The molecule has 2 aliphatic heterocycles. The Balaban J connectivity index is 1.18. The molecule has 5 rings (SSSR count). The lowest BCUT2D eigenvalue weighted by molar-refractivity contribution is 0.0544. The van der Waals surface area contributed by atoms with Crippen molar-refractivity contribution < 1.29 is 23.9 Å². The van der Waals surface area contributed by atoms with Crippen LogP contribution in [0.25, 0.3) is 0 Å². The van der Waals surface area contributed by atoms with Crippen molar-refractivity contribution in [2.24, 2.45) is 5.16 Å². The van der Waals surface area contributed by atoms with Crippen molar-refractivity contribution in [1.82, 2.24) is 0 Å². The summed E-state index contributed by atoms with van der Waals surface area (Å²) < 4.78 is 11.0. The Morgan fingerprint density at radius 1 is 0.938 bits per heavy atom. The lowest BCUT2D eigenvalue weighted by atomic mass is 10.0. The smallest absolute Gasteiger partial charge is 0.259 e. The number of ether oxygens (including phenoxy) is 2. The number of oxime groups is 1. The van der Waals surface area contributed by atoms with E-state index in [0.29, 0.717) is 34.4 Å². The number of epoxide rings is 1. The Morgan fingerprint density at radius 2 is 1.56 bits per heavy atom. The van der Waals surface area contributed by atoms with E-state index in [2.05, 4.69) is 22.9 Å². The summed E-state index contributed by atoms with van der Waals surface area (Å²) in [5.41, 5.74) is 3.99. The summed E-state index contributed by atoms with van der Waals surface area (Å²) in [6.45, 7) is 7.22. The molecule has 48 heavy (non-hydrogen) atoms. The van der Waals surface area contributed by atoms with Gasteiger partial charge in [0.25, 0.3) is 6.29 Å². The van der Waals surface area contributed by atoms with Crippen molar-refractivity contribution in [3.05, 3.63) is 113 Å². The number of rotatable bonds is 16. The maximum atomic E-state index is 13.5. The third-order valence-corrected chi connectivity index (χ3v) is 9.18. The van der Waals surface area contributed by atoms with Crippen LogP contribution in [-0.2, 0) is 14.3 Å². The zero-order chi connectivity index (χ0) is 33.7. The van der Waals surface area contributed by atoms with Crippen LogP contribution in [0, 0.1) is 12.3 Å². The normalized spacial score (nSPS) is 18.1. The molecule has 0 saturated carbocycles. The van der Waals surface area contributed by atoms with Gasteiger partial charge in [-0.25, -0.2) is 0 Å². The van der Waals surface area contributed by atoms with Crippen LogP contribution >= 0.6 is 11.8 Å². The van der Waals surface area contributed by atoms with Gasteiger partial charge < -0.3 is 19.2 Å². The van der Waals surface area contributed by atoms with Gasteiger partial charge in [-0.2, -0.15) is 0 Å². The summed E-state index contributed by atoms with van der Waals surface area (Å²) in [4.78, 5) is 36.5. The first-order valence-electron chi connectivity index (χ1n) is 16.6. The third-order valence-electron chi connectivity index (χ3n) is 8.16. The Labute approximate surface area is 288 Å². The Morgan fingerprint density at radius 3 is 2.17 bits per heavy atom. The van der Waals surface area contributed by atoms with Crippen molar-refractivity contribution in [2.75, 3.05) is 31.2 Å². The first kappa shape index (κ1) is 34.9. The highest BCUT2D eigenvalue weighted by molar-refractivity contribution is 7.99. The second-order valence-corrected chi connectivity index (χ2v) is 12.8. The minimum atomic E-state index is -0.600. The van der Waals surface area contributed by atoms with Gasteiger partial charge in [0.2, 0.25) is 5.78 Å². The van der Waals surface area contributed by atoms with Crippen LogP contribution in [0.5, 0.6) is 0 Å². The van der Waals surface area contributed by atoms with E-state index in [-0.39, 0.29) is 17.7 Å². The minimum Gasteiger partial charge on any atom is -0.378 e. The van der Waals surface area contributed by atoms with E-state index in [1.165, 1.54) is 0 Å². The standard InChI is InChI=1S/C40H42N2O5S/c1-4-7-9-10-12-36(41-47-40-39(46-40)29(6-3)11-8-5-2)38(44)32-17-23-35(24-18-32)48-34-21-15-31(16-22-34)37(43)30-13-19-33(20-14-30)42-25-27-45-28-26-42/h3,5,8,11,13-24,39-40H,4,7,9-10,12,25-28H2,1-2H3/b8-5-,29-11+,41-36-. The average molecular weight is 663 g/mol. The third kappa shape index (κ3) is 9.57. The number of unbranched alkanes of at least 4 members (excludes halogenated alkanes) is 3. The number of carbonyl (C=O) groups excluding carboxylic acids is 2. The molecule has 2 atom stereocenters. The monoisotopic (exact) mass is 662 g/mol. The number of benzene rings is 3. The Kier molecular flexibility index (Phi) is 12.8. The van der Waals surface area contributed by atoms with E-state index in [1.54, 1.807) is 11.8 Å².